The first-order valence-corrected chi connectivity index (χ1v) is 18.4. The summed E-state index contributed by atoms with van der Waals surface area (Å²) >= 11 is 0. The van der Waals surface area contributed by atoms with Crippen LogP contribution in [0.3, 0.4) is 0 Å². The summed E-state index contributed by atoms with van der Waals surface area (Å²) in [6.45, 7) is 18.6. The van der Waals surface area contributed by atoms with E-state index in [-0.39, 0.29) is 16.2 Å². The van der Waals surface area contributed by atoms with E-state index in [4.69, 9.17) is 4.98 Å². The molecule has 1 heteroatoms. The molecule has 49 heavy (non-hydrogen) atoms. The summed E-state index contributed by atoms with van der Waals surface area (Å²) in [6.07, 6.45) is 8.92. The lowest BCUT2D eigenvalue weighted by molar-refractivity contribution is 0.515. The highest BCUT2D eigenvalue weighted by Gasteiger charge is 2.27. The molecule has 1 heterocycles. The van der Waals surface area contributed by atoms with Crippen molar-refractivity contribution in [3.05, 3.63) is 148 Å². The summed E-state index contributed by atoms with van der Waals surface area (Å²) in [5.74, 6) is 0. The predicted molar refractivity (Wildman–Crippen MR) is 211 cm³/mol. The molecule has 1 aliphatic rings. The Morgan fingerprint density at radius 3 is 1.76 bits per heavy atom. The van der Waals surface area contributed by atoms with Crippen molar-refractivity contribution in [1.82, 2.24) is 4.98 Å². The Kier molecular flexibility index (Phi) is 8.54. The second kappa shape index (κ2) is 12.6. The number of fused-ring (bicyclic) bond motifs is 3. The largest absolute Gasteiger partial charge is 0.256 e. The van der Waals surface area contributed by atoms with E-state index >= 15 is 0 Å². The zero-order valence-corrected chi connectivity index (χ0v) is 31.0. The van der Waals surface area contributed by atoms with Gasteiger partial charge >= 0.3 is 0 Å². The van der Waals surface area contributed by atoms with E-state index in [0.717, 1.165) is 18.5 Å². The fourth-order valence-corrected chi connectivity index (χ4v) is 7.92. The van der Waals surface area contributed by atoms with Crippen LogP contribution in [0.5, 0.6) is 0 Å². The van der Waals surface area contributed by atoms with Gasteiger partial charge < -0.3 is 0 Å². The van der Waals surface area contributed by atoms with Gasteiger partial charge in [0.15, 0.2) is 0 Å². The third-order valence-electron chi connectivity index (χ3n) is 10.9. The molecule has 0 aliphatic heterocycles. The number of pyridine rings is 1. The van der Waals surface area contributed by atoms with Crippen LogP contribution in [0, 0.1) is 0 Å². The maximum atomic E-state index is 4.85. The minimum absolute atomic E-state index is 0.0361. The first-order valence-electron chi connectivity index (χ1n) is 18.4. The molecule has 0 amide bonds. The number of aryl methyl sites for hydroxylation is 2. The molecule has 0 N–H and O–H groups in total. The SMILES string of the molecule is CC(C)(C)c1ccc2cc(Cc3cc4c(cc3C(C)(C)Cc3ccnc(-c5ccc6cc(C(C)(C)C)ccc6c5)c3)CCCC4)ccc2c1. The van der Waals surface area contributed by atoms with Crippen molar-refractivity contribution in [1.29, 1.82) is 0 Å². The molecule has 0 unspecified atom stereocenters. The monoisotopic (exact) mass is 643 g/mol. The van der Waals surface area contributed by atoms with Crippen molar-refractivity contribution in [2.45, 2.75) is 110 Å². The number of hydrogen-bond acceptors (Lipinski definition) is 1. The molecule has 1 aromatic heterocycles. The lowest BCUT2D eigenvalue weighted by atomic mass is 9.73. The molecule has 1 aliphatic carbocycles. The van der Waals surface area contributed by atoms with Gasteiger partial charge in [0.1, 0.15) is 0 Å². The molecule has 0 saturated carbocycles. The van der Waals surface area contributed by atoms with E-state index < -0.39 is 0 Å². The Balaban J connectivity index is 1.20. The van der Waals surface area contributed by atoms with Crippen LogP contribution in [0.25, 0.3) is 32.8 Å². The molecule has 1 nitrogen and oxygen atoms in total. The predicted octanol–water partition coefficient (Wildman–Crippen LogP) is 12.6. The quantitative estimate of drug-likeness (QED) is 0.176. The van der Waals surface area contributed by atoms with Crippen LogP contribution in [0.4, 0.5) is 0 Å². The average Bonchev–Trinajstić information content (AvgIpc) is 3.06. The van der Waals surface area contributed by atoms with Gasteiger partial charge in [-0.25, -0.2) is 0 Å². The topological polar surface area (TPSA) is 12.9 Å². The molecule has 0 saturated heterocycles. The third-order valence-corrected chi connectivity index (χ3v) is 10.9. The van der Waals surface area contributed by atoms with Crippen molar-refractivity contribution >= 4 is 21.5 Å². The van der Waals surface area contributed by atoms with Crippen LogP contribution >= 0.6 is 0 Å². The van der Waals surface area contributed by atoms with E-state index in [2.05, 4.69) is 152 Å². The number of hydrogen-bond donors (Lipinski definition) is 0. The molecule has 0 radical (unpaired) electrons. The van der Waals surface area contributed by atoms with Crippen molar-refractivity contribution in [3.63, 3.8) is 0 Å². The summed E-state index contributed by atoms with van der Waals surface area (Å²) in [4.78, 5) is 4.85. The molecular formula is C48H53N. The molecular weight excluding hydrogens is 591 g/mol. The number of aromatic nitrogens is 1. The van der Waals surface area contributed by atoms with Gasteiger partial charge in [0.2, 0.25) is 0 Å². The van der Waals surface area contributed by atoms with Gasteiger partial charge in [-0.2, -0.15) is 0 Å². The Morgan fingerprint density at radius 2 is 1.10 bits per heavy atom. The Morgan fingerprint density at radius 1 is 0.531 bits per heavy atom. The van der Waals surface area contributed by atoms with Crippen LogP contribution in [-0.2, 0) is 41.9 Å². The average molecular weight is 644 g/mol. The second-order valence-corrected chi connectivity index (χ2v) is 17.4. The Bertz CT molecular complexity index is 2170. The van der Waals surface area contributed by atoms with Gasteiger partial charge in [0, 0.05) is 11.8 Å². The van der Waals surface area contributed by atoms with Gasteiger partial charge in [-0.1, -0.05) is 134 Å². The van der Waals surface area contributed by atoms with Gasteiger partial charge in [-0.3, -0.25) is 4.98 Å². The van der Waals surface area contributed by atoms with Crippen LogP contribution in [0.15, 0.2) is 103 Å². The molecule has 0 atom stereocenters. The van der Waals surface area contributed by atoms with E-state index in [1.165, 1.54) is 86.2 Å². The highest BCUT2D eigenvalue weighted by atomic mass is 14.7. The number of benzene rings is 5. The third kappa shape index (κ3) is 7.09. The molecule has 0 fully saturated rings. The smallest absolute Gasteiger partial charge is 0.0704 e. The summed E-state index contributed by atoms with van der Waals surface area (Å²) in [6, 6.07) is 37.5. The van der Waals surface area contributed by atoms with Crippen molar-refractivity contribution in [2.24, 2.45) is 0 Å². The summed E-state index contributed by atoms with van der Waals surface area (Å²) < 4.78 is 0. The molecule has 250 valence electrons. The first-order chi connectivity index (χ1) is 23.2. The maximum absolute atomic E-state index is 4.85. The van der Waals surface area contributed by atoms with E-state index in [1.807, 2.05) is 6.20 Å². The zero-order valence-electron chi connectivity index (χ0n) is 31.0. The minimum Gasteiger partial charge on any atom is -0.256 e. The van der Waals surface area contributed by atoms with Crippen LogP contribution < -0.4 is 0 Å². The molecule has 0 spiro atoms. The van der Waals surface area contributed by atoms with E-state index in [0.29, 0.717) is 0 Å². The lowest BCUT2D eigenvalue weighted by Gasteiger charge is -2.31. The molecule has 7 rings (SSSR count). The highest BCUT2D eigenvalue weighted by Crippen LogP contribution is 2.37. The van der Waals surface area contributed by atoms with Crippen LogP contribution in [-0.4, -0.2) is 4.98 Å². The van der Waals surface area contributed by atoms with Crippen LogP contribution in [0.1, 0.15) is 113 Å². The van der Waals surface area contributed by atoms with E-state index in [9.17, 15) is 0 Å². The summed E-state index contributed by atoms with van der Waals surface area (Å²) in [5.41, 5.74) is 14.1. The summed E-state index contributed by atoms with van der Waals surface area (Å²) in [5, 5.41) is 5.21. The van der Waals surface area contributed by atoms with Crippen molar-refractivity contribution in [3.8, 4) is 11.3 Å². The van der Waals surface area contributed by atoms with Crippen molar-refractivity contribution in [2.75, 3.05) is 0 Å². The minimum atomic E-state index is -0.0361. The maximum Gasteiger partial charge on any atom is 0.0704 e. The zero-order chi connectivity index (χ0) is 34.6. The first kappa shape index (κ1) is 33.3. The number of nitrogens with zero attached hydrogens (tertiary/aromatic N) is 1. The molecule has 5 aromatic carbocycles. The lowest BCUT2D eigenvalue weighted by Crippen LogP contribution is -2.24. The molecule has 6 aromatic rings. The Labute approximate surface area is 294 Å². The van der Waals surface area contributed by atoms with Gasteiger partial charge in [-0.15, -0.1) is 0 Å². The molecule has 0 bridgehead atoms. The fourth-order valence-electron chi connectivity index (χ4n) is 7.92. The standard InChI is InChI=1S/C48H53N/c1-46(2,3)42-19-17-36-23-32(13-14-38(36)28-42)24-41-27-34-11-9-10-12-35(34)30-44(41)48(7,8)31-33-21-22-49-45(25-33)40-16-15-39-29-43(47(4,5)6)20-18-37(39)26-40/h13-23,25-30H,9-12,24,31H2,1-8H3. The fraction of sp³-hybridized carbons (Fsp3) is 0.354. The normalized spacial score (nSPS) is 14.0. The Hall–Kier alpha value is -4.23. The van der Waals surface area contributed by atoms with Gasteiger partial charge in [-0.05, 0) is 139 Å². The van der Waals surface area contributed by atoms with Crippen LogP contribution in [0.2, 0.25) is 0 Å². The van der Waals surface area contributed by atoms with Crippen molar-refractivity contribution < 1.29 is 0 Å². The van der Waals surface area contributed by atoms with Gasteiger partial charge in [0.05, 0.1) is 5.69 Å². The van der Waals surface area contributed by atoms with Gasteiger partial charge in [0.25, 0.3) is 0 Å². The second-order valence-electron chi connectivity index (χ2n) is 17.4. The summed E-state index contributed by atoms with van der Waals surface area (Å²) in [7, 11) is 0. The highest BCUT2D eigenvalue weighted by molar-refractivity contribution is 5.88. The number of rotatable bonds is 6. The van der Waals surface area contributed by atoms with E-state index in [1.54, 1.807) is 11.1 Å².